The molecule has 0 aliphatic rings. The molecule has 1 aromatic rings. The minimum atomic E-state index is -1.70. The quantitative estimate of drug-likeness (QED) is 0.500. The topological polar surface area (TPSA) is 9.23 Å². The molecule has 1 nitrogen and oxygen atoms in total. The molecular weight excluding hydrogens is 248 g/mol. The van der Waals surface area contributed by atoms with Crippen molar-refractivity contribution in [2.24, 2.45) is 0 Å². The molecule has 0 amide bonds. The smallest absolute Gasteiger partial charge is 0.268 e. The van der Waals surface area contributed by atoms with Crippen LogP contribution in [0.2, 0.25) is 13.1 Å². The van der Waals surface area contributed by atoms with E-state index in [9.17, 15) is 0 Å². The summed E-state index contributed by atoms with van der Waals surface area (Å²) in [7, 11) is -1.70. The fraction of sp³-hybridized carbons (Fsp3) is 0.412. The van der Waals surface area contributed by atoms with Gasteiger partial charge in [0.2, 0.25) is 0 Å². The van der Waals surface area contributed by atoms with E-state index in [0.29, 0.717) is 11.8 Å². The van der Waals surface area contributed by atoms with Gasteiger partial charge >= 0.3 is 0 Å². The van der Waals surface area contributed by atoms with E-state index in [1.54, 1.807) is 0 Å². The first kappa shape index (κ1) is 15.8. The Kier molecular flexibility index (Phi) is 5.61. The van der Waals surface area contributed by atoms with Crippen LogP contribution in [0.4, 0.5) is 0 Å². The summed E-state index contributed by atoms with van der Waals surface area (Å²) in [4.78, 5) is 0. The zero-order valence-electron chi connectivity index (χ0n) is 12.8. The number of rotatable bonds is 6. The molecular formula is C17H26OSi. The Bertz CT molecular complexity index is 446. The molecule has 0 spiro atoms. The molecule has 0 aromatic heterocycles. The first-order valence-corrected chi connectivity index (χ1v) is 9.92. The predicted molar refractivity (Wildman–Crippen MR) is 86.9 cm³/mol. The molecule has 0 aliphatic heterocycles. The summed E-state index contributed by atoms with van der Waals surface area (Å²) in [5.74, 6) is 0.938. The molecule has 19 heavy (non-hydrogen) atoms. The lowest BCUT2D eigenvalue weighted by molar-refractivity contribution is 0.481. The lowest BCUT2D eigenvalue weighted by Gasteiger charge is -2.17. The van der Waals surface area contributed by atoms with Gasteiger partial charge in [-0.1, -0.05) is 50.7 Å². The van der Waals surface area contributed by atoms with Crippen LogP contribution in [0, 0.1) is 0 Å². The highest BCUT2D eigenvalue weighted by Gasteiger charge is 2.16. The van der Waals surface area contributed by atoms with Crippen LogP contribution < -0.4 is 0 Å². The van der Waals surface area contributed by atoms with E-state index in [-0.39, 0.29) is 0 Å². The summed E-state index contributed by atoms with van der Waals surface area (Å²) in [6.07, 6.45) is 3.97. The number of benzene rings is 1. The fourth-order valence-corrected chi connectivity index (χ4v) is 2.22. The van der Waals surface area contributed by atoms with Crippen molar-refractivity contribution in [1.29, 1.82) is 0 Å². The van der Waals surface area contributed by atoms with E-state index < -0.39 is 8.32 Å². The van der Waals surface area contributed by atoms with Crippen molar-refractivity contribution in [2.45, 2.75) is 45.7 Å². The number of allylic oxidation sites excluding steroid dienone is 1. The summed E-state index contributed by atoms with van der Waals surface area (Å²) < 4.78 is 5.79. The molecule has 104 valence electrons. The second kappa shape index (κ2) is 6.76. The molecule has 0 fully saturated rings. The van der Waals surface area contributed by atoms with Crippen LogP contribution in [0.1, 0.15) is 43.7 Å². The van der Waals surface area contributed by atoms with Crippen molar-refractivity contribution in [3.8, 4) is 0 Å². The first-order chi connectivity index (χ1) is 8.85. The molecule has 0 radical (unpaired) electrons. The van der Waals surface area contributed by atoms with Gasteiger partial charge in [0.25, 0.3) is 8.32 Å². The standard InChI is InChI=1S/C17H26OSi/c1-7-19(5,6)18-12-11-15(4)17-10-8-9-16(13-17)14(2)3/h7-15H,1H2,2-6H3/b12-11+. The van der Waals surface area contributed by atoms with E-state index in [0.717, 1.165) is 0 Å². The van der Waals surface area contributed by atoms with Gasteiger partial charge in [-0.3, -0.25) is 0 Å². The lowest BCUT2D eigenvalue weighted by Crippen LogP contribution is -2.24. The average molecular weight is 274 g/mol. The average Bonchev–Trinajstić information content (AvgIpc) is 2.38. The predicted octanol–water partition coefficient (Wildman–Crippen LogP) is 5.37. The van der Waals surface area contributed by atoms with E-state index in [1.807, 2.05) is 12.0 Å². The van der Waals surface area contributed by atoms with Crippen molar-refractivity contribution >= 4 is 8.32 Å². The molecule has 0 saturated heterocycles. The maximum atomic E-state index is 5.79. The molecule has 0 N–H and O–H groups in total. The second-order valence-electron chi connectivity index (χ2n) is 5.87. The Hall–Kier alpha value is -1.28. The van der Waals surface area contributed by atoms with Gasteiger partial charge in [-0.05, 0) is 36.2 Å². The second-order valence-corrected chi connectivity index (χ2v) is 9.72. The molecule has 1 unspecified atom stereocenters. The Morgan fingerprint density at radius 3 is 2.37 bits per heavy atom. The van der Waals surface area contributed by atoms with Gasteiger partial charge in [-0.2, -0.15) is 0 Å². The Labute approximate surface area is 119 Å². The van der Waals surface area contributed by atoms with Gasteiger partial charge in [0.1, 0.15) is 0 Å². The van der Waals surface area contributed by atoms with Crippen LogP contribution in [-0.4, -0.2) is 8.32 Å². The SMILES string of the molecule is C=C[Si](C)(C)O/C=C/C(C)c1cccc(C(C)C)c1. The summed E-state index contributed by atoms with van der Waals surface area (Å²) in [6, 6.07) is 8.79. The third kappa shape index (κ3) is 5.07. The van der Waals surface area contributed by atoms with Crippen molar-refractivity contribution in [2.75, 3.05) is 0 Å². The third-order valence-electron chi connectivity index (χ3n) is 3.33. The molecule has 1 rings (SSSR count). The van der Waals surface area contributed by atoms with E-state index >= 15 is 0 Å². The Morgan fingerprint density at radius 2 is 1.79 bits per heavy atom. The zero-order chi connectivity index (χ0) is 14.5. The number of hydrogen-bond donors (Lipinski definition) is 0. The Morgan fingerprint density at radius 1 is 1.16 bits per heavy atom. The molecule has 0 heterocycles. The fourth-order valence-electron chi connectivity index (χ4n) is 1.69. The van der Waals surface area contributed by atoms with Crippen molar-refractivity contribution in [3.05, 3.63) is 60.0 Å². The van der Waals surface area contributed by atoms with Crippen LogP contribution in [0.25, 0.3) is 0 Å². The van der Waals surface area contributed by atoms with Gasteiger partial charge in [0, 0.05) is 5.92 Å². The van der Waals surface area contributed by atoms with Crippen LogP contribution in [0.5, 0.6) is 0 Å². The minimum absolute atomic E-state index is 0.369. The van der Waals surface area contributed by atoms with Gasteiger partial charge in [0.15, 0.2) is 0 Å². The highest BCUT2D eigenvalue weighted by molar-refractivity contribution is 6.76. The monoisotopic (exact) mass is 274 g/mol. The van der Waals surface area contributed by atoms with Crippen LogP contribution in [0.3, 0.4) is 0 Å². The van der Waals surface area contributed by atoms with E-state index in [4.69, 9.17) is 4.43 Å². The normalized spacial score (nSPS) is 13.8. The summed E-state index contributed by atoms with van der Waals surface area (Å²) >= 11 is 0. The van der Waals surface area contributed by atoms with Gasteiger partial charge in [-0.15, -0.1) is 6.58 Å². The summed E-state index contributed by atoms with van der Waals surface area (Å²) in [6.45, 7) is 14.7. The molecule has 0 bridgehead atoms. The molecule has 1 aromatic carbocycles. The van der Waals surface area contributed by atoms with Crippen molar-refractivity contribution < 1.29 is 4.43 Å². The van der Waals surface area contributed by atoms with Crippen LogP contribution in [0.15, 0.2) is 48.9 Å². The molecule has 0 aliphatic carbocycles. The van der Waals surface area contributed by atoms with Gasteiger partial charge in [0.05, 0.1) is 6.26 Å². The van der Waals surface area contributed by atoms with Crippen LogP contribution >= 0.6 is 0 Å². The highest BCUT2D eigenvalue weighted by atomic mass is 28.4. The summed E-state index contributed by atoms with van der Waals surface area (Å²) in [5.41, 5.74) is 4.67. The molecule has 0 saturated carbocycles. The van der Waals surface area contributed by atoms with Gasteiger partial charge < -0.3 is 4.43 Å². The lowest BCUT2D eigenvalue weighted by atomic mass is 9.95. The minimum Gasteiger partial charge on any atom is -0.546 e. The molecule has 1 atom stereocenters. The zero-order valence-corrected chi connectivity index (χ0v) is 13.8. The maximum absolute atomic E-state index is 5.79. The largest absolute Gasteiger partial charge is 0.546 e. The van der Waals surface area contributed by atoms with E-state index in [1.165, 1.54) is 11.1 Å². The maximum Gasteiger partial charge on any atom is 0.268 e. The summed E-state index contributed by atoms with van der Waals surface area (Å²) in [5, 5.41) is 0. The van der Waals surface area contributed by atoms with Crippen molar-refractivity contribution in [3.63, 3.8) is 0 Å². The number of hydrogen-bond acceptors (Lipinski definition) is 1. The van der Waals surface area contributed by atoms with E-state index in [2.05, 4.69) is 70.8 Å². The van der Waals surface area contributed by atoms with Crippen LogP contribution in [-0.2, 0) is 4.43 Å². The Balaban J connectivity index is 2.73. The van der Waals surface area contributed by atoms with Crippen molar-refractivity contribution in [1.82, 2.24) is 0 Å². The third-order valence-corrected chi connectivity index (χ3v) is 5.06. The van der Waals surface area contributed by atoms with Gasteiger partial charge in [-0.25, -0.2) is 0 Å². The molecule has 2 heteroatoms. The first-order valence-electron chi connectivity index (χ1n) is 6.93. The highest BCUT2D eigenvalue weighted by Crippen LogP contribution is 2.22.